The van der Waals surface area contributed by atoms with Crippen LogP contribution in [0.15, 0.2) is 12.4 Å². The second-order valence-corrected chi connectivity index (χ2v) is 6.27. The summed E-state index contributed by atoms with van der Waals surface area (Å²) in [7, 11) is 1.94. The van der Waals surface area contributed by atoms with Crippen LogP contribution < -0.4 is 5.73 Å². The van der Waals surface area contributed by atoms with Crippen molar-refractivity contribution in [2.45, 2.75) is 32.7 Å². The Labute approximate surface area is 105 Å². The first kappa shape index (κ1) is 12.3. The summed E-state index contributed by atoms with van der Waals surface area (Å²) in [6, 6.07) is 0. The average Bonchev–Trinajstić information content (AvgIpc) is 2.81. The largest absolute Gasteiger partial charge is 0.326 e. The molecule has 0 aliphatic carbocycles. The molecule has 92 valence electrons. The van der Waals surface area contributed by atoms with Gasteiger partial charge in [0.15, 0.2) is 0 Å². The van der Waals surface area contributed by atoms with Crippen LogP contribution in [-0.4, -0.2) is 14.8 Å². The standard InChI is InChI=1S/C12H18N4S/c1-12(2,3)10-9(7-16(4)15-10)11-14-6-8(5-13)17-11/h6-7H,5,13H2,1-4H3. The molecule has 0 radical (unpaired) electrons. The van der Waals surface area contributed by atoms with Gasteiger partial charge in [0, 0.05) is 36.3 Å². The van der Waals surface area contributed by atoms with Gasteiger partial charge in [-0.1, -0.05) is 20.8 Å². The van der Waals surface area contributed by atoms with Gasteiger partial charge in [-0.05, 0) is 0 Å². The molecule has 0 amide bonds. The lowest BCUT2D eigenvalue weighted by atomic mass is 9.90. The van der Waals surface area contributed by atoms with Crippen LogP contribution in [0.1, 0.15) is 31.3 Å². The summed E-state index contributed by atoms with van der Waals surface area (Å²) in [6.07, 6.45) is 3.87. The fourth-order valence-electron chi connectivity index (χ4n) is 1.73. The Morgan fingerprint density at radius 2 is 2.12 bits per heavy atom. The van der Waals surface area contributed by atoms with E-state index in [9.17, 15) is 0 Å². The maximum atomic E-state index is 5.62. The zero-order chi connectivity index (χ0) is 12.6. The zero-order valence-corrected chi connectivity index (χ0v) is 11.5. The summed E-state index contributed by atoms with van der Waals surface area (Å²) in [5.41, 5.74) is 7.84. The lowest BCUT2D eigenvalue weighted by Crippen LogP contribution is -2.13. The maximum absolute atomic E-state index is 5.62. The van der Waals surface area contributed by atoms with Crippen LogP contribution >= 0.6 is 11.3 Å². The minimum Gasteiger partial charge on any atom is -0.326 e. The lowest BCUT2D eigenvalue weighted by molar-refractivity contribution is 0.554. The lowest BCUT2D eigenvalue weighted by Gasteiger charge is -2.16. The second kappa shape index (κ2) is 4.23. The fourth-order valence-corrected chi connectivity index (χ4v) is 2.53. The van der Waals surface area contributed by atoms with Crippen LogP contribution in [0.4, 0.5) is 0 Å². The van der Waals surface area contributed by atoms with Crippen molar-refractivity contribution in [3.63, 3.8) is 0 Å². The molecule has 0 saturated heterocycles. The monoisotopic (exact) mass is 250 g/mol. The number of thiazole rings is 1. The van der Waals surface area contributed by atoms with Gasteiger partial charge in [-0.25, -0.2) is 4.98 Å². The Morgan fingerprint density at radius 1 is 1.41 bits per heavy atom. The average molecular weight is 250 g/mol. The summed E-state index contributed by atoms with van der Waals surface area (Å²) >= 11 is 1.64. The zero-order valence-electron chi connectivity index (χ0n) is 10.7. The van der Waals surface area contributed by atoms with Crippen molar-refractivity contribution in [3.8, 4) is 10.6 Å². The van der Waals surface area contributed by atoms with Gasteiger partial charge in [0.2, 0.25) is 0 Å². The highest BCUT2D eigenvalue weighted by Gasteiger charge is 2.24. The fraction of sp³-hybridized carbons (Fsp3) is 0.500. The normalized spacial score (nSPS) is 12.1. The first-order valence-electron chi connectivity index (χ1n) is 5.61. The van der Waals surface area contributed by atoms with E-state index in [0.29, 0.717) is 6.54 Å². The van der Waals surface area contributed by atoms with Gasteiger partial charge < -0.3 is 5.73 Å². The molecule has 0 aliphatic heterocycles. The molecule has 0 fully saturated rings. The van der Waals surface area contributed by atoms with Crippen LogP contribution in [0.3, 0.4) is 0 Å². The summed E-state index contributed by atoms with van der Waals surface area (Å²) in [4.78, 5) is 5.53. The smallest absolute Gasteiger partial charge is 0.127 e. The first-order chi connectivity index (χ1) is 7.91. The van der Waals surface area contributed by atoms with Crippen molar-refractivity contribution in [1.29, 1.82) is 0 Å². The third-order valence-electron chi connectivity index (χ3n) is 2.52. The molecule has 2 N–H and O–H groups in total. The molecule has 0 spiro atoms. The van der Waals surface area contributed by atoms with E-state index in [0.717, 1.165) is 21.1 Å². The highest BCUT2D eigenvalue weighted by molar-refractivity contribution is 7.15. The number of rotatable bonds is 2. The summed E-state index contributed by atoms with van der Waals surface area (Å²) in [5, 5.41) is 5.55. The van der Waals surface area contributed by atoms with Crippen LogP contribution in [0.5, 0.6) is 0 Å². The van der Waals surface area contributed by atoms with Gasteiger partial charge in [0.25, 0.3) is 0 Å². The van der Waals surface area contributed by atoms with Crippen molar-refractivity contribution in [3.05, 3.63) is 23.0 Å². The van der Waals surface area contributed by atoms with Crippen LogP contribution in [0.25, 0.3) is 10.6 Å². The van der Waals surface area contributed by atoms with E-state index >= 15 is 0 Å². The molecular weight excluding hydrogens is 232 g/mol. The minimum absolute atomic E-state index is 0.0190. The predicted molar refractivity (Wildman–Crippen MR) is 70.9 cm³/mol. The van der Waals surface area contributed by atoms with Crippen LogP contribution in [-0.2, 0) is 19.0 Å². The second-order valence-electron chi connectivity index (χ2n) is 5.15. The van der Waals surface area contributed by atoms with E-state index in [1.165, 1.54) is 0 Å². The SMILES string of the molecule is Cn1cc(-c2ncc(CN)s2)c(C(C)(C)C)n1. The van der Waals surface area contributed by atoms with Crippen LogP contribution in [0.2, 0.25) is 0 Å². The molecule has 4 nitrogen and oxygen atoms in total. The Balaban J connectivity index is 2.51. The Hall–Kier alpha value is -1.20. The Kier molecular flexibility index (Phi) is 3.05. The molecule has 2 heterocycles. The number of hydrogen-bond donors (Lipinski definition) is 1. The highest BCUT2D eigenvalue weighted by atomic mass is 32.1. The van der Waals surface area contributed by atoms with Gasteiger partial charge in [-0.15, -0.1) is 11.3 Å². The molecule has 0 unspecified atom stereocenters. The third-order valence-corrected chi connectivity index (χ3v) is 3.58. The third kappa shape index (κ3) is 2.40. The molecule has 2 rings (SSSR count). The molecule has 0 aliphatic rings. The summed E-state index contributed by atoms with van der Waals surface area (Å²) < 4.78 is 1.85. The van der Waals surface area contributed by atoms with Crippen LogP contribution in [0, 0.1) is 0 Å². The first-order valence-corrected chi connectivity index (χ1v) is 6.42. The van der Waals surface area contributed by atoms with Gasteiger partial charge in [0.1, 0.15) is 5.01 Å². The summed E-state index contributed by atoms with van der Waals surface area (Å²) in [5.74, 6) is 0. The topological polar surface area (TPSA) is 56.7 Å². The minimum atomic E-state index is 0.0190. The summed E-state index contributed by atoms with van der Waals surface area (Å²) in [6.45, 7) is 7.03. The van der Waals surface area contributed by atoms with E-state index in [1.54, 1.807) is 11.3 Å². The molecule has 2 aromatic rings. The maximum Gasteiger partial charge on any atom is 0.127 e. The molecule has 0 saturated carbocycles. The van der Waals surface area contributed by atoms with E-state index < -0.39 is 0 Å². The van der Waals surface area contributed by atoms with Gasteiger partial charge in [-0.2, -0.15) is 5.10 Å². The van der Waals surface area contributed by atoms with Crippen molar-refractivity contribution in [1.82, 2.24) is 14.8 Å². The molecule has 0 bridgehead atoms. The Morgan fingerprint density at radius 3 is 2.65 bits per heavy atom. The van der Waals surface area contributed by atoms with Gasteiger partial charge in [0.05, 0.1) is 11.3 Å². The molecular formula is C12H18N4S. The predicted octanol–water partition coefficient (Wildman–Crippen LogP) is 2.30. The van der Waals surface area contributed by atoms with E-state index in [-0.39, 0.29) is 5.41 Å². The number of nitrogens with two attached hydrogens (primary N) is 1. The van der Waals surface area contributed by atoms with E-state index in [2.05, 4.69) is 30.9 Å². The molecule has 0 atom stereocenters. The van der Waals surface area contributed by atoms with E-state index in [4.69, 9.17) is 5.73 Å². The quantitative estimate of drug-likeness (QED) is 0.889. The van der Waals surface area contributed by atoms with Crippen molar-refractivity contribution < 1.29 is 0 Å². The number of hydrogen-bond acceptors (Lipinski definition) is 4. The number of nitrogens with zero attached hydrogens (tertiary/aromatic N) is 3. The highest BCUT2D eigenvalue weighted by Crippen LogP contribution is 2.33. The Bertz CT molecular complexity index is 519. The molecule has 0 aromatic carbocycles. The van der Waals surface area contributed by atoms with Crippen molar-refractivity contribution in [2.24, 2.45) is 12.8 Å². The van der Waals surface area contributed by atoms with E-state index in [1.807, 2.05) is 24.1 Å². The molecule has 17 heavy (non-hydrogen) atoms. The number of aromatic nitrogens is 3. The molecule has 2 aromatic heterocycles. The van der Waals surface area contributed by atoms with Gasteiger partial charge in [-0.3, -0.25) is 4.68 Å². The van der Waals surface area contributed by atoms with Gasteiger partial charge >= 0.3 is 0 Å². The molecule has 5 heteroatoms. The number of aryl methyl sites for hydroxylation is 1. The van der Waals surface area contributed by atoms with Crippen molar-refractivity contribution in [2.75, 3.05) is 0 Å². The van der Waals surface area contributed by atoms with Crippen molar-refractivity contribution >= 4 is 11.3 Å².